The Morgan fingerprint density at radius 3 is 2.39 bits per heavy atom. The van der Waals surface area contributed by atoms with Gasteiger partial charge in [-0.1, -0.05) is 36.3 Å². The maximum Gasteiger partial charge on any atom is 0.245 e. The molecule has 12 heteroatoms. The summed E-state index contributed by atoms with van der Waals surface area (Å²) < 4.78 is 1.68. The summed E-state index contributed by atoms with van der Waals surface area (Å²) in [5.74, 6) is -0.238. The minimum absolute atomic E-state index is 0.0233. The van der Waals surface area contributed by atoms with Crippen LogP contribution in [0.5, 0.6) is 0 Å². The SMILES string of the molecule is Cc1sc2nc1CC(=O)N(C1CCN(C3CCCC3)CC1)CC(=O)N[C@H](Cc1cn(-c3ccccc3)nn1)C(=O)N1CCC2CC1. The summed E-state index contributed by atoms with van der Waals surface area (Å²) in [4.78, 5) is 54.1. The average Bonchev–Trinajstić information content (AvgIpc) is 3.86. The molecular formula is C34H44N8O3S. The van der Waals surface area contributed by atoms with E-state index < -0.39 is 6.04 Å². The number of nitrogens with one attached hydrogen (secondary N) is 1. The van der Waals surface area contributed by atoms with E-state index in [9.17, 15) is 14.4 Å². The molecule has 2 saturated heterocycles. The lowest BCUT2D eigenvalue weighted by molar-refractivity contribution is -0.141. The molecule has 8 rings (SSSR count). The van der Waals surface area contributed by atoms with Crippen molar-refractivity contribution in [2.24, 2.45) is 0 Å². The smallest absolute Gasteiger partial charge is 0.245 e. The van der Waals surface area contributed by atoms with Crippen LogP contribution in [-0.4, -0.2) is 103 Å². The molecule has 4 aliphatic heterocycles. The number of para-hydroxylation sites is 1. The Hall–Kier alpha value is -3.64. The van der Waals surface area contributed by atoms with Crippen LogP contribution in [0, 0.1) is 6.92 Å². The minimum Gasteiger partial charge on any atom is -0.342 e. The van der Waals surface area contributed by atoms with Gasteiger partial charge in [0, 0.05) is 55.5 Å². The fourth-order valence-corrected chi connectivity index (χ4v) is 8.86. The van der Waals surface area contributed by atoms with E-state index in [1.807, 2.05) is 48.4 Å². The van der Waals surface area contributed by atoms with E-state index in [0.717, 1.165) is 60.0 Å². The lowest BCUT2D eigenvalue weighted by Gasteiger charge is -2.40. The molecule has 3 amide bonds. The summed E-state index contributed by atoms with van der Waals surface area (Å²) in [5, 5.41) is 12.7. The quantitative estimate of drug-likeness (QED) is 0.453. The van der Waals surface area contributed by atoms with Crippen LogP contribution in [0.3, 0.4) is 0 Å². The number of hydrogen-bond acceptors (Lipinski definition) is 8. The zero-order valence-electron chi connectivity index (χ0n) is 26.6. The summed E-state index contributed by atoms with van der Waals surface area (Å²) in [5.41, 5.74) is 2.31. The van der Waals surface area contributed by atoms with Crippen molar-refractivity contribution in [3.05, 3.63) is 57.8 Å². The molecular weight excluding hydrogens is 600 g/mol. The van der Waals surface area contributed by atoms with Crippen molar-refractivity contribution >= 4 is 29.1 Å². The van der Waals surface area contributed by atoms with Crippen molar-refractivity contribution in [1.29, 1.82) is 0 Å². The molecule has 1 aliphatic carbocycles. The Bertz CT molecular complexity index is 1530. The average molecular weight is 645 g/mol. The third kappa shape index (κ3) is 6.73. The molecule has 1 N–H and O–H groups in total. The van der Waals surface area contributed by atoms with Gasteiger partial charge >= 0.3 is 0 Å². The Kier molecular flexibility index (Phi) is 9.17. The van der Waals surface area contributed by atoms with Crippen LogP contribution in [0.25, 0.3) is 5.69 Å². The number of carbonyl (C=O) groups is 3. The van der Waals surface area contributed by atoms with Crippen molar-refractivity contribution in [2.45, 2.75) is 95.2 Å². The maximum absolute atomic E-state index is 14.0. The van der Waals surface area contributed by atoms with Crippen molar-refractivity contribution in [3.8, 4) is 5.69 Å². The van der Waals surface area contributed by atoms with Gasteiger partial charge in [-0.3, -0.25) is 14.4 Å². The van der Waals surface area contributed by atoms with E-state index in [2.05, 4.69) is 20.5 Å². The van der Waals surface area contributed by atoms with Gasteiger partial charge in [-0.2, -0.15) is 0 Å². The van der Waals surface area contributed by atoms with Gasteiger partial charge in [0.15, 0.2) is 0 Å². The Morgan fingerprint density at radius 1 is 0.913 bits per heavy atom. The largest absolute Gasteiger partial charge is 0.342 e. The third-order valence-electron chi connectivity index (χ3n) is 10.4. The molecule has 0 unspecified atom stereocenters. The van der Waals surface area contributed by atoms with Gasteiger partial charge < -0.3 is 20.0 Å². The number of thiazole rings is 1. The standard InChI is InChI=1S/C34H44N8O3S/c1-23-29-20-32(44)41(27-13-17-39(18-14-27)26-7-5-6-8-26)22-31(43)35-30(19-25-21-42(38-37-25)28-9-3-2-4-10-28)34(45)40-15-11-24(12-16-40)33(36-29)46-23/h2-4,9-10,21,24,26-27,30H,5-8,11-20,22H2,1H3,(H,35,43)/t30-/m1/s1. The molecule has 6 heterocycles. The van der Waals surface area contributed by atoms with E-state index in [0.29, 0.717) is 24.8 Å². The number of hydrogen-bond donors (Lipinski definition) is 1. The van der Waals surface area contributed by atoms with E-state index in [1.165, 1.54) is 25.7 Å². The minimum atomic E-state index is -0.801. The van der Waals surface area contributed by atoms with E-state index in [1.54, 1.807) is 20.9 Å². The van der Waals surface area contributed by atoms with Crippen molar-refractivity contribution in [3.63, 3.8) is 0 Å². The van der Waals surface area contributed by atoms with Crippen LogP contribution < -0.4 is 5.32 Å². The summed E-state index contributed by atoms with van der Waals surface area (Å²) in [6.45, 7) is 5.05. The number of rotatable bonds is 5. The zero-order valence-corrected chi connectivity index (χ0v) is 27.5. The fraction of sp³-hybridized carbons (Fsp3) is 0.588. The second-order valence-electron chi connectivity index (χ2n) is 13.4. The van der Waals surface area contributed by atoms with Gasteiger partial charge in [-0.25, -0.2) is 9.67 Å². The first kappa shape index (κ1) is 31.0. The van der Waals surface area contributed by atoms with Gasteiger partial charge in [0.25, 0.3) is 0 Å². The number of amides is 3. The molecule has 1 aromatic carbocycles. The molecule has 244 valence electrons. The topological polar surface area (TPSA) is 117 Å². The molecule has 2 aromatic heterocycles. The molecule has 5 aliphatic rings. The number of nitrogens with zero attached hydrogens (tertiary/aromatic N) is 7. The monoisotopic (exact) mass is 644 g/mol. The predicted octanol–water partition coefficient (Wildman–Crippen LogP) is 3.26. The van der Waals surface area contributed by atoms with Crippen LogP contribution in [0.15, 0.2) is 36.5 Å². The highest BCUT2D eigenvalue weighted by atomic mass is 32.1. The second kappa shape index (κ2) is 13.6. The summed E-state index contributed by atoms with van der Waals surface area (Å²) in [6.07, 6.45) is 10.6. The molecule has 3 aromatic rings. The lowest BCUT2D eigenvalue weighted by Crippen LogP contribution is -2.56. The van der Waals surface area contributed by atoms with E-state index in [4.69, 9.17) is 4.98 Å². The van der Waals surface area contributed by atoms with Gasteiger partial charge in [0.05, 0.1) is 41.2 Å². The first-order valence-corrected chi connectivity index (χ1v) is 17.8. The maximum atomic E-state index is 14.0. The Labute approximate surface area is 274 Å². The highest BCUT2D eigenvalue weighted by molar-refractivity contribution is 7.11. The molecule has 0 radical (unpaired) electrons. The molecule has 3 fully saturated rings. The normalized spacial score (nSPS) is 24.3. The van der Waals surface area contributed by atoms with Crippen molar-refractivity contribution in [1.82, 2.24) is 40.0 Å². The molecule has 4 bridgehead atoms. The summed E-state index contributed by atoms with van der Waals surface area (Å²) >= 11 is 1.68. The first-order chi connectivity index (χ1) is 22.4. The van der Waals surface area contributed by atoms with Gasteiger partial charge in [-0.15, -0.1) is 16.4 Å². The lowest BCUT2D eigenvalue weighted by atomic mass is 9.96. The highest BCUT2D eigenvalue weighted by Crippen LogP contribution is 2.34. The van der Waals surface area contributed by atoms with E-state index >= 15 is 0 Å². The van der Waals surface area contributed by atoms with Crippen LogP contribution in [0.4, 0.5) is 0 Å². The summed E-state index contributed by atoms with van der Waals surface area (Å²) in [6, 6.07) is 9.52. The van der Waals surface area contributed by atoms with Crippen molar-refractivity contribution in [2.75, 3.05) is 32.7 Å². The van der Waals surface area contributed by atoms with Gasteiger partial charge in [0.2, 0.25) is 17.7 Å². The van der Waals surface area contributed by atoms with Crippen LogP contribution in [0.1, 0.15) is 78.6 Å². The van der Waals surface area contributed by atoms with E-state index in [-0.39, 0.29) is 49.1 Å². The van der Waals surface area contributed by atoms with Crippen molar-refractivity contribution < 1.29 is 14.4 Å². The number of aromatic nitrogens is 4. The van der Waals surface area contributed by atoms with Crippen LogP contribution >= 0.6 is 11.3 Å². The number of fused-ring (bicyclic) bond motifs is 9. The highest BCUT2D eigenvalue weighted by Gasteiger charge is 2.36. The Morgan fingerprint density at radius 2 is 1.65 bits per heavy atom. The number of carbonyl (C=O) groups excluding carboxylic acids is 3. The number of benzene rings is 1. The molecule has 1 atom stereocenters. The molecule has 0 spiro atoms. The van der Waals surface area contributed by atoms with Crippen LogP contribution in [-0.2, 0) is 27.2 Å². The van der Waals surface area contributed by atoms with Crippen LogP contribution in [0.2, 0.25) is 0 Å². The first-order valence-electron chi connectivity index (χ1n) is 17.0. The molecule has 1 saturated carbocycles. The molecule has 11 nitrogen and oxygen atoms in total. The zero-order chi connectivity index (χ0) is 31.6. The molecule has 46 heavy (non-hydrogen) atoms. The fourth-order valence-electron chi connectivity index (χ4n) is 7.76. The number of likely N-dealkylation sites (tertiary alicyclic amines) is 1. The number of aryl methyl sites for hydroxylation is 1. The summed E-state index contributed by atoms with van der Waals surface area (Å²) in [7, 11) is 0. The second-order valence-corrected chi connectivity index (χ2v) is 14.6. The Balaban J connectivity index is 1.14. The third-order valence-corrected chi connectivity index (χ3v) is 11.6. The number of piperidine rings is 2. The van der Waals surface area contributed by atoms with Gasteiger partial charge in [-0.05, 0) is 57.6 Å². The predicted molar refractivity (Wildman–Crippen MR) is 175 cm³/mol. The van der Waals surface area contributed by atoms with Gasteiger partial charge in [0.1, 0.15) is 6.04 Å².